The number of benzene rings is 1. The first-order chi connectivity index (χ1) is 13.2. The van der Waals surface area contributed by atoms with Crippen LogP contribution in [0, 0.1) is 6.92 Å². The lowest BCUT2D eigenvalue weighted by molar-refractivity contribution is -0.153. The summed E-state index contributed by atoms with van der Waals surface area (Å²) in [5.74, 6) is -1.51. The van der Waals surface area contributed by atoms with Crippen molar-refractivity contribution in [3.05, 3.63) is 59.5 Å². The largest absolute Gasteiger partial charge is 0.484 e. The standard InChI is InChI=1S/C19H18F3NO5/c1-12-10-13(28-11-19(20,21)22)7-8-15(12)23-9-5-4-6-14(17(24)26-2)16(23)18(25)27-3/h4-10H,11H2,1-3H3. The molecule has 6 nitrogen and oxygen atoms in total. The Kier molecular flexibility index (Phi) is 6.50. The van der Waals surface area contributed by atoms with Crippen molar-refractivity contribution in [1.82, 2.24) is 0 Å². The molecule has 9 heteroatoms. The number of hydrogen-bond donors (Lipinski definition) is 0. The highest BCUT2D eigenvalue weighted by Crippen LogP contribution is 2.31. The molecule has 28 heavy (non-hydrogen) atoms. The van der Waals surface area contributed by atoms with Gasteiger partial charge in [0.15, 0.2) is 6.61 Å². The minimum atomic E-state index is -4.46. The van der Waals surface area contributed by atoms with Gasteiger partial charge < -0.3 is 19.1 Å². The van der Waals surface area contributed by atoms with Gasteiger partial charge in [0.2, 0.25) is 0 Å². The van der Waals surface area contributed by atoms with E-state index in [4.69, 9.17) is 14.2 Å². The van der Waals surface area contributed by atoms with Gasteiger partial charge in [0.25, 0.3) is 0 Å². The number of rotatable bonds is 5. The number of methoxy groups -OCH3 is 2. The Labute approximate surface area is 159 Å². The van der Waals surface area contributed by atoms with Crippen molar-refractivity contribution in [2.75, 3.05) is 25.7 Å². The maximum atomic E-state index is 12.4. The molecule has 0 aromatic heterocycles. The van der Waals surface area contributed by atoms with Crippen LogP contribution >= 0.6 is 0 Å². The van der Waals surface area contributed by atoms with Gasteiger partial charge in [-0.25, -0.2) is 9.59 Å². The molecule has 0 bridgehead atoms. The normalized spacial score (nSPS) is 14.0. The number of halogens is 3. The molecule has 0 fully saturated rings. The summed E-state index contributed by atoms with van der Waals surface area (Å²) in [6.45, 7) is 0.216. The zero-order valence-electron chi connectivity index (χ0n) is 15.4. The molecule has 1 aliphatic heterocycles. The van der Waals surface area contributed by atoms with Crippen molar-refractivity contribution in [2.24, 2.45) is 0 Å². The fourth-order valence-corrected chi connectivity index (χ4v) is 2.50. The van der Waals surface area contributed by atoms with Gasteiger partial charge in [-0.15, -0.1) is 0 Å². The summed E-state index contributed by atoms with van der Waals surface area (Å²) in [6.07, 6.45) is 1.61. The van der Waals surface area contributed by atoms with Crippen molar-refractivity contribution >= 4 is 17.6 Å². The first-order valence-corrected chi connectivity index (χ1v) is 8.03. The van der Waals surface area contributed by atoms with Gasteiger partial charge in [0, 0.05) is 11.9 Å². The Morgan fingerprint density at radius 2 is 1.75 bits per heavy atom. The molecule has 0 radical (unpaired) electrons. The van der Waals surface area contributed by atoms with E-state index in [2.05, 4.69) is 0 Å². The first-order valence-electron chi connectivity index (χ1n) is 8.03. The van der Waals surface area contributed by atoms with Gasteiger partial charge in [-0.3, -0.25) is 0 Å². The third kappa shape index (κ3) is 4.93. The molecule has 0 atom stereocenters. The SMILES string of the molecule is COC(=O)C1=C(C(=O)OC)N(c2ccc(OCC(F)(F)F)cc2C)C=CC=C1. The highest BCUT2D eigenvalue weighted by atomic mass is 19.4. The number of carbonyl (C=O) groups is 2. The Morgan fingerprint density at radius 3 is 2.32 bits per heavy atom. The van der Waals surface area contributed by atoms with Crippen molar-refractivity contribution in [3.63, 3.8) is 0 Å². The van der Waals surface area contributed by atoms with Crippen molar-refractivity contribution in [2.45, 2.75) is 13.1 Å². The quantitative estimate of drug-likeness (QED) is 0.710. The van der Waals surface area contributed by atoms with Crippen LogP contribution in [0.2, 0.25) is 0 Å². The van der Waals surface area contributed by atoms with Gasteiger partial charge in [-0.2, -0.15) is 13.2 Å². The zero-order chi connectivity index (χ0) is 20.9. The molecule has 1 aliphatic rings. The van der Waals surface area contributed by atoms with E-state index in [0.29, 0.717) is 11.3 Å². The summed E-state index contributed by atoms with van der Waals surface area (Å²) in [5, 5.41) is 0. The van der Waals surface area contributed by atoms with Crippen LogP contribution in [0.15, 0.2) is 53.9 Å². The molecule has 0 aliphatic carbocycles. The van der Waals surface area contributed by atoms with E-state index in [1.54, 1.807) is 19.1 Å². The van der Waals surface area contributed by atoms with Crippen LogP contribution in [0.1, 0.15) is 5.56 Å². The van der Waals surface area contributed by atoms with Crippen molar-refractivity contribution in [3.8, 4) is 5.75 Å². The molecule has 0 N–H and O–H groups in total. The molecule has 0 unspecified atom stereocenters. The molecule has 0 amide bonds. The predicted molar refractivity (Wildman–Crippen MR) is 94.5 cm³/mol. The van der Waals surface area contributed by atoms with Crippen molar-refractivity contribution < 1.29 is 37.0 Å². The molecule has 150 valence electrons. The second-order valence-corrected chi connectivity index (χ2v) is 5.67. The van der Waals surface area contributed by atoms with Crippen LogP contribution in [0.25, 0.3) is 0 Å². The molecule has 1 aromatic carbocycles. The Bertz CT molecular complexity index is 856. The van der Waals surface area contributed by atoms with Gasteiger partial charge in [-0.1, -0.05) is 6.08 Å². The number of anilines is 1. The predicted octanol–water partition coefficient (Wildman–Crippen LogP) is 3.43. The number of alkyl halides is 3. The van der Waals surface area contributed by atoms with E-state index in [1.165, 1.54) is 49.6 Å². The number of hydrogen-bond acceptors (Lipinski definition) is 6. The number of ether oxygens (including phenoxy) is 3. The number of nitrogens with zero attached hydrogens (tertiary/aromatic N) is 1. The molecular formula is C19H18F3NO5. The number of esters is 2. The van der Waals surface area contributed by atoms with Crippen LogP contribution in [-0.4, -0.2) is 38.9 Å². The van der Waals surface area contributed by atoms with Crippen LogP contribution < -0.4 is 9.64 Å². The Balaban J connectivity index is 2.48. The van der Waals surface area contributed by atoms with E-state index < -0.39 is 24.7 Å². The van der Waals surface area contributed by atoms with E-state index in [0.717, 1.165) is 0 Å². The monoisotopic (exact) mass is 397 g/mol. The minimum Gasteiger partial charge on any atom is -0.484 e. The maximum Gasteiger partial charge on any atom is 0.422 e. The molecule has 0 spiro atoms. The third-order valence-electron chi connectivity index (χ3n) is 3.72. The van der Waals surface area contributed by atoms with Crippen molar-refractivity contribution in [1.29, 1.82) is 0 Å². The number of carbonyl (C=O) groups excluding carboxylic acids is 2. The van der Waals surface area contributed by atoms with Gasteiger partial charge in [-0.05, 0) is 42.8 Å². The van der Waals surface area contributed by atoms with Crippen LogP contribution in [0.4, 0.5) is 18.9 Å². The zero-order valence-corrected chi connectivity index (χ0v) is 15.4. The summed E-state index contributed by atoms with van der Waals surface area (Å²) < 4.78 is 51.3. The molecule has 2 rings (SSSR count). The third-order valence-corrected chi connectivity index (χ3v) is 3.72. The Morgan fingerprint density at radius 1 is 1.07 bits per heavy atom. The minimum absolute atomic E-state index is 0.0206. The lowest BCUT2D eigenvalue weighted by Gasteiger charge is -2.25. The van der Waals surface area contributed by atoms with E-state index in [-0.39, 0.29) is 17.0 Å². The Hall–Kier alpha value is -3.23. The fourth-order valence-electron chi connectivity index (χ4n) is 2.50. The summed E-state index contributed by atoms with van der Waals surface area (Å²) in [5.41, 5.74) is 0.834. The summed E-state index contributed by atoms with van der Waals surface area (Å²) in [7, 11) is 2.35. The van der Waals surface area contributed by atoms with E-state index in [1.807, 2.05) is 0 Å². The number of aryl methyl sites for hydroxylation is 1. The highest BCUT2D eigenvalue weighted by Gasteiger charge is 2.30. The average Bonchev–Trinajstić information content (AvgIpc) is 2.87. The highest BCUT2D eigenvalue weighted by molar-refractivity contribution is 6.05. The summed E-state index contributed by atoms with van der Waals surface area (Å²) >= 11 is 0. The lowest BCUT2D eigenvalue weighted by Crippen LogP contribution is -2.27. The molecule has 0 saturated heterocycles. The number of allylic oxidation sites excluding steroid dienone is 2. The van der Waals surface area contributed by atoms with Crippen LogP contribution in [-0.2, 0) is 19.1 Å². The van der Waals surface area contributed by atoms with Crippen LogP contribution in [0.5, 0.6) is 5.75 Å². The van der Waals surface area contributed by atoms with Gasteiger partial charge in [0.1, 0.15) is 11.4 Å². The first kappa shape index (κ1) is 21.1. The molecule has 1 aromatic rings. The molecule has 1 heterocycles. The second kappa shape index (κ2) is 8.64. The van der Waals surface area contributed by atoms with E-state index >= 15 is 0 Å². The maximum absolute atomic E-state index is 12.4. The summed E-state index contributed by atoms with van der Waals surface area (Å²) in [6, 6.07) is 4.22. The lowest BCUT2D eigenvalue weighted by atomic mass is 10.1. The second-order valence-electron chi connectivity index (χ2n) is 5.67. The smallest absolute Gasteiger partial charge is 0.422 e. The van der Waals surface area contributed by atoms with Gasteiger partial charge >= 0.3 is 18.1 Å². The fraction of sp³-hybridized carbons (Fsp3) is 0.263. The molecular weight excluding hydrogens is 379 g/mol. The van der Waals surface area contributed by atoms with E-state index in [9.17, 15) is 22.8 Å². The molecule has 0 saturated carbocycles. The summed E-state index contributed by atoms with van der Waals surface area (Å²) in [4.78, 5) is 25.9. The van der Waals surface area contributed by atoms with Gasteiger partial charge in [0.05, 0.1) is 19.8 Å². The topological polar surface area (TPSA) is 65.1 Å². The average molecular weight is 397 g/mol. The van der Waals surface area contributed by atoms with Crippen LogP contribution in [0.3, 0.4) is 0 Å².